The third-order valence-electron chi connectivity index (χ3n) is 4.52. The molecule has 1 aromatic heterocycles. The fourth-order valence-corrected chi connectivity index (χ4v) is 3.09. The van der Waals surface area contributed by atoms with Gasteiger partial charge in [0, 0.05) is 38.1 Å². The molecular weight excluding hydrogens is 304 g/mol. The smallest absolute Gasteiger partial charge is 0.254 e. The predicted octanol–water partition coefficient (Wildman–Crippen LogP) is 2.10. The molecule has 1 atom stereocenters. The van der Waals surface area contributed by atoms with Crippen LogP contribution in [0.15, 0.2) is 30.6 Å². The van der Waals surface area contributed by atoms with Crippen molar-refractivity contribution in [2.24, 2.45) is 0 Å². The maximum Gasteiger partial charge on any atom is 0.254 e. The first kappa shape index (κ1) is 16.4. The molecule has 0 radical (unpaired) electrons. The molecule has 2 amide bonds. The quantitative estimate of drug-likeness (QED) is 0.863. The number of unbranched alkanes of at least 4 members (excludes halogenated alkanes) is 1. The second kappa shape index (κ2) is 6.95. The number of carbonyl (C=O) groups is 2. The number of piperazine rings is 1. The number of likely N-dealkylation sites (N-methyl/N-ethyl adjacent to an activating group) is 1. The number of hydrogen-bond donors (Lipinski definition) is 0. The van der Waals surface area contributed by atoms with Crippen molar-refractivity contribution in [1.82, 2.24) is 19.8 Å². The molecule has 0 saturated carbocycles. The van der Waals surface area contributed by atoms with E-state index in [1.807, 2.05) is 0 Å². The average molecular weight is 326 g/mol. The lowest BCUT2D eigenvalue weighted by Crippen LogP contribution is -2.57. The molecule has 0 unspecified atom stereocenters. The minimum Gasteiger partial charge on any atom is -0.342 e. The van der Waals surface area contributed by atoms with E-state index in [0.717, 1.165) is 18.4 Å². The number of nitrogens with zero attached hydrogens (tertiary/aromatic N) is 4. The molecule has 1 aromatic carbocycles. The van der Waals surface area contributed by atoms with Crippen molar-refractivity contribution in [3.63, 3.8) is 0 Å². The first-order valence-electron chi connectivity index (χ1n) is 8.38. The van der Waals surface area contributed by atoms with Gasteiger partial charge in [0.1, 0.15) is 6.04 Å². The van der Waals surface area contributed by atoms with Crippen LogP contribution < -0.4 is 0 Å². The molecule has 126 valence electrons. The van der Waals surface area contributed by atoms with Gasteiger partial charge in [-0.05, 0) is 24.6 Å². The van der Waals surface area contributed by atoms with Gasteiger partial charge >= 0.3 is 0 Å². The lowest BCUT2D eigenvalue weighted by Gasteiger charge is -2.39. The first-order valence-corrected chi connectivity index (χ1v) is 8.38. The van der Waals surface area contributed by atoms with Gasteiger partial charge in [-0.2, -0.15) is 0 Å². The zero-order valence-corrected chi connectivity index (χ0v) is 14.1. The number of hydrogen-bond acceptors (Lipinski definition) is 4. The average Bonchev–Trinajstić information content (AvgIpc) is 2.62. The van der Waals surface area contributed by atoms with Crippen molar-refractivity contribution in [3.05, 3.63) is 36.2 Å². The van der Waals surface area contributed by atoms with Gasteiger partial charge in [0.05, 0.1) is 11.0 Å². The minimum atomic E-state index is -0.367. The Bertz CT molecular complexity index is 762. The molecule has 3 rings (SSSR count). The van der Waals surface area contributed by atoms with Crippen LogP contribution in [0.1, 0.15) is 36.5 Å². The Labute approximate surface area is 141 Å². The second-order valence-corrected chi connectivity index (χ2v) is 6.18. The van der Waals surface area contributed by atoms with Crippen molar-refractivity contribution in [1.29, 1.82) is 0 Å². The monoisotopic (exact) mass is 326 g/mol. The molecule has 1 aliphatic heterocycles. The number of amides is 2. The van der Waals surface area contributed by atoms with E-state index in [2.05, 4.69) is 16.9 Å². The van der Waals surface area contributed by atoms with Gasteiger partial charge in [0.25, 0.3) is 5.91 Å². The number of fused-ring (bicyclic) bond motifs is 1. The summed E-state index contributed by atoms with van der Waals surface area (Å²) in [6.45, 7) is 3.22. The zero-order chi connectivity index (χ0) is 17.1. The van der Waals surface area contributed by atoms with Gasteiger partial charge in [-0.25, -0.2) is 0 Å². The lowest BCUT2D eigenvalue weighted by atomic mass is 10.0. The highest BCUT2D eigenvalue weighted by molar-refractivity contribution is 6.00. The number of rotatable bonds is 4. The molecule has 0 aliphatic carbocycles. The summed E-state index contributed by atoms with van der Waals surface area (Å²) in [7, 11) is 1.80. The van der Waals surface area contributed by atoms with Crippen molar-refractivity contribution < 1.29 is 9.59 Å². The fourth-order valence-electron chi connectivity index (χ4n) is 3.09. The molecule has 2 heterocycles. The van der Waals surface area contributed by atoms with Crippen LogP contribution in [0.4, 0.5) is 0 Å². The lowest BCUT2D eigenvalue weighted by molar-refractivity contribution is -0.138. The van der Waals surface area contributed by atoms with E-state index in [1.165, 1.54) is 0 Å². The minimum absolute atomic E-state index is 0.0311. The molecule has 1 saturated heterocycles. The Hall–Kier alpha value is -2.50. The van der Waals surface area contributed by atoms with Gasteiger partial charge < -0.3 is 9.80 Å². The van der Waals surface area contributed by atoms with E-state index < -0.39 is 0 Å². The summed E-state index contributed by atoms with van der Waals surface area (Å²) in [6.07, 6.45) is 5.88. The van der Waals surface area contributed by atoms with Gasteiger partial charge in [-0.1, -0.05) is 19.8 Å². The Kier molecular flexibility index (Phi) is 4.74. The van der Waals surface area contributed by atoms with Crippen molar-refractivity contribution in [2.45, 2.75) is 32.2 Å². The van der Waals surface area contributed by atoms with Crippen LogP contribution in [0, 0.1) is 0 Å². The van der Waals surface area contributed by atoms with Crippen LogP contribution in [-0.4, -0.2) is 57.8 Å². The van der Waals surface area contributed by atoms with Crippen LogP contribution in [0.5, 0.6) is 0 Å². The molecule has 1 fully saturated rings. The van der Waals surface area contributed by atoms with Crippen LogP contribution in [-0.2, 0) is 4.79 Å². The largest absolute Gasteiger partial charge is 0.342 e. The summed E-state index contributed by atoms with van der Waals surface area (Å²) >= 11 is 0. The molecule has 0 N–H and O–H groups in total. The van der Waals surface area contributed by atoms with Gasteiger partial charge in [0.2, 0.25) is 5.91 Å². The molecule has 0 bridgehead atoms. The highest BCUT2D eigenvalue weighted by atomic mass is 16.2. The Balaban J connectivity index is 1.88. The predicted molar refractivity (Wildman–Crippen MR) is 91.5 cm³/mol. The molecule has 2 aromatic rings. The third-order valence-corrected chi connectivity index (χ3v) is 4.52. The standard InChI is InChI=1S/C18H22N4O2/c1-3-4-5-16-18(24)21(2)10-11-22(16)17(23)13-6-7-14-15(12-13)20-9-8-19-14/h6-9,12,16H,3-5,10-11H2,1-2H3/t16-/m1/s1. The van der Waals surface area contributed by atoms with Gasteiger partial charge in [0.15, 0.2) is 0 Å². The van der Waals surface area contributed by atoms with E-state index >= 15 is 0 Å². The molecule has 6 heteroatoms. The SMILES string of the molecule is CCCC[C@@H]1C(=O)N(C)CCN1C(=O)c1ccc2nccnc2c1. The maximum absolute atomic E-state index is 13.0. The van der Waals surface area contributed by atoms with Crippen LogP contribution >= 0.6 is 0 Å². The van der Waals surface area contributed by atoms with Crippen LogP contribution in [0.25, 0.3) is 11.0 Å². The van der Waals surface area contributed by atoms with E-state index in [-0.39, 0.29) is 17.9 Å². The van der Waals surface area contributed by atoms with Crippen molar-refractivity contribution in [2.75, 3.05) is 20.1 Å². The highest BCUT2D eigenvalue weighted by Gasteiger charge is 2.35. The summed E-state index contributed by atoms with van der Waals surface area (Å²) in [5, 5.41) is 0. The molecule has 1 aliphatic rings. The van der Waals surface area contributed by atoms with E-state index in [0.29, 0.717) is 30.6 Å². The number of carbonyl (C=O) groups excluding carboxylic acids is 2. The molecule has 0 spiro atoms. The van der Waals surface area contributed by atoms with E-state index in [9.17, 15) is 9.59 Å². The summed E-state index contributed by atoms with van der Waals surface area (Å²) in [4.78, 5) is 37.4. The van der Waals surface area contributed by atoms with E-state index in [4.69, 9.17) is 0 Å². The first-order chi connectivity index (χ1) is 11.6. The topological polar surface area (TPSA) is 66.4 Å². The van der Waals surface area contributed by atoms with E-state index in [1.54, 1.807) is 47.4 Å². The van der Waals surface area contributed by atoms with Crippen molar-refractivity contribution >= 4 is 22.8 Å². The molecule has 6 nitrogen and oxygen atoms in total. The third kappa shape index (κ3) is 3.09. The van der Waals surface area contributed by atoms with Crippen molar-refractivity contribution in [3.8, 4) is 0 Å². The maximum atomic E-state index is 13.0. The Morgan fingerprint density at radius 3 is 2.71 bits per heavy atom. The zero-order valence-electron chi connectivity index (χ0n) is 14.1. The fraction of sp³-hybridized carbons (Fsp3) is 0.444. The van der Waals surface area contributed by atoms with Crippen LogP contribution in [0.3, 0.4) is 0 Å². The number of benzene rings is 1. The van der Waals surface area contributed by atoms with Gasteiger partial charge in [-0.3, -0.25) is 19.6 Å². The highest BCUT2D eigenvalue weighted by Crippen LogP contribution is 2.20. The summed E-state index contributed by atoms with van der Waals surface area (Å²) in [6, 6.07) is 4.95. The van der Waals surface area contributed by atoms with Crippen LogP contribution in [0.2, 0.25) is 0 Å². The molecular formula is C18H22N4O2. The second-order valence-electron chi connectivity index (χ2n) is 6.18. The summed E-state index contributed by atoms with van der Waals surface area (Å²) in [5.41, 5.74) is 2.00. The number of aromatic nitrogens is 2. The normalized spacial score (nSPS) is 18.2. The summed E-state index contributed by atoms with van der Waals surface area (Å²) in [5.74, 6) is -0.0752. The summed E-state index contributed by atoms with van der Waals surface area (Å²) < 4.78 is 0. The molecule has 24 heavy (non-hydrogen) atoms. The Morgan fingerprint density at radius 2 is 1.96 bits per heavy atom. The Morgan fingerprint density at radius 1 is 1.21 bits per heavy atom. The van der Waals surface area contributed by atoms with Gasteiger partial charge in [-0.15, -0.1) is 0 Å².